The van der Waals surface area contributed by atoms with E-state index in [9.17, 15) is 5.11 Å². The van der Waals surface area contributed by atoms with E-state index in [2.05, 4.69) is 15.9 Å². The molecule has 0 saturated carbocycles. The first kappa shape index (κ1) is 12.1. The number of benzene rings is 2. The van der Waals surface area contributed by atoms with Gasteiger partial charge in [-0.3, -0.25) is 0 Å². The molecule has 2 aromatic carbocycles. The number of aliphatic hydroxyl groups excluding tert-OH is 1. The average Bonchev–Trinajstić information content (AvgIpc) is 2.37. The molecule has 0 amide bonds. The van der Waals surface area contributed by atoms with Gasteiger partial charge < -0.3 is 5.11 Å². The molecule has 0 aromatic heterocycles. The van der Waals surface area contributed by atoms with Crippen LogP contribution in [0.25, 0.3) is 6.08 Å². The van der Waals surface area contributed by atoms with Gasteiger partial charge in [0.2, 0.25) is 0 Å². The first-order valence-electron chi connectivity index (χ1n) is 5.42. The van der Waals surface area contributed by atoms with Crippen molar-refractivity contribution in [1.82, 2.24) is 0 Å². The molecule has 0 heterocycles. The highest BCUT2D eigenvalue weighted by atomic mass is 79.9. The summed E-state index contributed by atoms with van der Waals surface area (Å²) >= 11 is 3.42. The van der Waals surface area contributed by atoms with Gasteiger partial charge >= 0.3 is 0 Å². The van der Waals surface area contributed by atoms with Crippen LogP contribution in [0.15, 0.2) is 65.1 Å². The van der Waals surface area contributed by atoms with Crippen LogP contribution in [0.5, 0.6) is 0 Å². The standard InChI is InChI=1S/C15H13BrO/c16-14-8-4-5-12(11-14)9-10-15(17)13-6-2-1-3-7-13/h1-11,15,17H/b10-9+. The zero-order valence-electron chi connectivity index (χ0n) is 9.25. The molecule has 0 aliphatic carbocycles. The maximum absolute atomic E-state index is 9.95. The Kier molecular flexibility index (Phi) is 4.13. The van der Waals surface area contributed by atoms with Gasteiger partial charge in [0, 0.05) is 4.47 Å². The SMILES string of the molecule is OC(/C=C/c1cccc(Br)c1)c1ccccc1. The van der Waals surface area contributed by atoms with Gasteiger partial charge in [-0.25, -0.2) is 0 Å². The minimum atomic E-state index is -0.560. The van der Waals surface area contributed by atoms with E-state index in [1.807, 2.05) is 60.7 Å². The molecule has 0 aliphatic rings. The Bertz CT molecular complexity index is 505. The van der Waals surface area contributed by atoms with E-state index in [1.54, 1.807) is 6.08 Å². The van der Waals surface area contributed by atoms with Gasteiger partial charge in [-0.15, -0.1) is 0 Å². The lowest BCUT2D eigenvalue weighted by Gasteiger charge is -2.05. The highest BCUT2D eigenvalue weighted by molar-refractivity contribution is 9.10. The Morgan fingerprint density at radius 1 is 1.00 bits per heavy atom. The monoisotopic (exact) mass is 288 g/mol. The second-order valence-electron chi connectivity index (χ2n) is 3.77. The zero-order chi connectivity index (χ0) is 12.1. The number of hydrogen-bond acceptors (Lipinski definition) is 1. The molecule has 1 N–H and O–H groups in total. The maximum atomic E-state index is 9.95. The lowest BCUT2D eigenvalue weighted by molar-refractivity contribution is 0.229. The van der Waals surface area contributed by atoms with Gasteiger partial charge in [0.15, 0.2) is 0 Å². The zero-order valence-corrected chi connectivity index (χ0v) is 10.8. The Morgan fingerprint density at radius 3 is 2.47 bits per heavy atom. The third kappa shape index (κ3) is 3.55. The molecule has 2 aromatic rings. The summed E-state index contributed by atoms with van der Waals surface area (Å²) < 4.78 is 1.04. The predicted molar refractivity (Wildman–Crippen MR) is 74.6 cm³/mol. The van der Waals surface area contributed by atoms with Crippen LogP contribution < -0.4 is 0 Å². The molecule has 0 saturated heterocycles. The van der Waals surface area contributed by atoms with Crippen LogP contribution in [-0.4, -0.2) is 5.11 Å². The minimum Gasteiger partial charge on any atom is -0.384 e. The second kappa shape index (κ2) is 5.80. The van der Waals surface area contributed by atoms with Crippen molar-refractivity contribution in [3.63, 3.8) is 0 Å². The summed E-state index contributed by atoms with van der Waals surface area (Å²) in [6.07, 6.45) is 3.15. The van der Waals surface area contributed by atoms with Crippen molar-refractivity contribution in [3.8, 4) is 0 Å². The summed E-state index contributed by atoms with van der Waals surface area (Å²) in [6.45, 7) is 0. The Hall–Kier alpha value is -1.38. The average molecular weight is 289 g/mol. The molecule has 0 spiro atoms. The number of rotatable bonds is 3. The third-order valence-corrected chi connectivity index (χ3v) is 2.95. The van der Waals surface area contributed by atoms with Crippen molar-refractivity contribution in [2.45, 2.75) is 6.10 Å². The van der Waals surface area contributed by atoms with Gasteiger partial charge in [0.25, 0.3) is 0 Å². The van der Waals surface area contributed by atoms with Gasteiger partial charge in [0.1, 0.15) is 0 Å². The van der Waals surface area contributed by atoms with E-state index < -0.39 is 6.10 Å². The van der Waals surface area contributed by atoms with E-state index in [0.29, 0.717) is 0 Å². The quantitative estimate of drug-likeness (QED) is 0.898. The topological polar surface area (TPSA) is 20.2 Å². The van der Waals surface area contributed by atoms with Crippen molar-refractivity contribution in [2.24, 2.45) is 0 Å². The fourth-order valence-corrected chi connectivity index (χ4v) is 1.99. The molecule has 0 aliphatic heterocycles. The molecule has 1 atom stereocenters. The van der Waals surface area contributed by atoms with Gasteiger partial charge in [-0.1, -0.05) is 70.5 Å². The predicted octanol–water partition coefficient (Wildman–Crippen LogP) is 4.20. The molecule has 0 fully saturated rings. The van der Waals surface area contributed by atoms with Crippen molar-refractivity contribution in [2.75, 3.05) is 0 Å². The summed E-state index contributed by atoms with van der Waals surface area (Å²) in [5.74, 6) is 0. The normalized spacial score (nSPS) is 12.8. The molecular weight excluding hydrogens is 276 g/mol. The smallest absolute Gasteiger partial charge is 0.0975 e. The Balaban J connectivity index is 2.11. The Morgan fingerprint density at radius 2 is 1.76 bits per heavy atom. The summed E-state index contributed by atoms with van der Waals surface area (Å²) in [4.78, 5) is 0. The molecule has 1 nitrogen and oxygen atoms in total. The van der Waals surface area contributed by atoms with Crippen LogP contribution >= 0.6 is 15.9 Å². The van der Waals surface area contributed by atoms with E-state index in [0.717, 1.165) is 15.6 Å². The second-order valence-corrected chi connectivity index (χ2v) is 4.69. The fraction of sp³-hybridized carbons (Fsp3) is 0.0667. The number of halogens is 1. The molecule has 2 heteroatoms. The van der Waals surface area contributed by atoms with E-state index in [4.69, 9.17) is 0 Å². The lowest BCUT2D eigenvalue weighted by Crippen LogP contribution is -1.91. The summed E-state index contributed by atoms with van der Waals surface area (Å²) in [5, 5.41) is 9.95. The van der Waals surface area contributed by atoms with Crippen molar-refractivity contribution in [1.29, 1.82) is 0 Å². The van der Waals surface area contributed by atoms with Crippen LogP contribution in [0.2, 0.25) is 0 Å². The third-order valence-electron chi connectivity index (χ3n) is 2.46. The number of aliphatic hydroxyl groups is 1. The fourth-order valence-electron chi connectivity index (χ4n) is 1.57. The first-order chi connectivity index (χ1) is 8.25. The summed E-state index contributed by atoms with van der Waals surface area (Å²) in [6, 6.07) is 17.6. The number of hydrogen-bond donors (Lipinski definition) is 1. The van der Waals surface area contributed by atoms with Crippen LogP contribution in [0.4, 0.5) is 0 Å². The molecule has 2 rings (SSSR count). The van der Waals surface area contributed by atoms with Gasteiger partial charge in [-0.05, 0) is 23.3 Å². The van der Waals surface area contributed by atoms with Crippen molar-refractivity contribution >= 4 is 22.0 Å². The molecule has 0 bridgehead atoms. The molecule has 86 valence electrons. The highest BCUT2D eigenvalue weighted by Gasteiger charge is 2.01. The van der Waals surface area contributed by atoms with E-state index in [-0.39, 0.29) is 0 Å². The Labute approximate surface area is 110 Å². The van der Waals surface area contributed by atoms with Crippen LogP contribution in [0.1, 0.15) is 17.2 Å². The van der Waals surface area contributed by atoms with Gasteiger partial charge in [-0.2, -0.15) is 0 Å². The van der Waals surface area contributed by atoms with Crippen molar-refractivity contribution < 1.29 is 5.11 Å². The molecule has 0 radical (unpaired) electrons. The molecule has 17 heavy (non-hydrogen) atoms. The molecule has 1 unspecified atom stereocenters. The summed E-state index contributed by atoms with van der Waals surface area (Å²) in [5.41, 5.74) is 1.97. The first-order valence-corrected chi connectivity index (χ1v) is 6.22. The molecular formula is C15H13BrO. The van der Waals surface area contributed by atoms with E-state index in [1.165, 1.54) is 0 Å². The lowest BCUT2D eigenvalue weighted by atomic mass is 10.1. The maximum Gasteiger partial charge on any atom is 0.0975 e. The largest absolute Gasteiger partial charge is 0.384 e. The van der Waals surface area contributed by atoms with Crippen LogP contribution in [-0.2, 0) is 0 Å². The van der Waals surface area contributed by atoms with Crippen molar-refractivity contribution in [3.05, 3.63) is 76.3 Å². The highest BCUT2D eigenvalue weighted by Crippen LogP contribution is 2.17. The van der Waals surface area contributed by atoms with E-state index >= 15 is 0 Å². The minimum absolute atomic E-state index is 0.560. The summed E-state index contributed by atoms with van der Waals surface area (Å²) in [7, 11) is 0. The van der Waals surface area contributed by atoms with Crippen LogP contribution in [0.3, 0.4) is 0 Å². The van der Waals surface area contributed by atoms with Gasteiger partial charge in [0.05, 0.1) is 6.10 Å². The van der Waals surface area contributed by atoms with Crippen LogP contribution in [0, 0.1) is 0 Å².